The molecule has 0 fully saturated rings. The van der Waals surface area contributed by atoms with Crippen molar-refractivity contribution in [2.24, 2.45) is 0 Å². The lowest BCUT2D eigenvalue weighted by Crippen LogP contribution is -2.08. The Morgan fingerprint density at radius 1 is 0.765 bits per heavy atom. The molecule has 0 unspecified atom stereocenters. The van der Waals surface area contributed by atoms with E-state index in [4.69, 9.17) is 9.47 Å². The predicted octanol–water partition coefficient (Wildman–Crippen LogP) is 3.29. The first-order valence-electron chi connectivity index (χ1n) is 5.43. The molecule has 3 nitrogen and oxygen atoms in total. The van der Waals surface area contributed by atoms with Crippen LogP contribution in [-0.2, 0) is 5.11 Å². The summed E-state index contributed by atoms with van der Waals surface area (Å²) in [5.74, 6) is 1.06. The van der Waals surface area contributed by atoms with Crippen LogP contribution < -0.4 is 9.47 Å². The average molecular weight is 229 g/mol. The monoisotopic (exact) mass is 229 g/mol. The van der Waals surface area contributed by atoms with Gasteiger partial charge in [0.05, 0.1) is 0 Å². The van der Waals surface area contributed by atoms with Crippen LogP contribution in [0, 0.1) is 0 Å². The number of para-hydroxylation sites is 3. The molecule has 2 aromatic rings. The van der Waals surface area contributed by atoms with Crippen LogP contribution in [0.25, 0.3) is 0 Å². The first-order chi connectivity index (χ1) is 8.36. The van der Waals surface area contributed by atoms with Crippen molar-refractivity contribution < 1.29 is 14.6 Å². The van der Waals surface area contributed by atoms with Gasteiger partial charge in [-0.15, -0.1) is 0 Å². The molecule has 0 aliphatic carbocycles. The van der Waals surface area contributed by atoms with Gasteiger partial charge in [0.1, 0.15) is 19.0 Å². The molecule has 0 atom stereocenters. The van der Waals surface area contributed by atoms with Gasteiger partial charge >= 0.3 is 0 Å². The summed E-state index contributed by atoms with van der Waals surface area (Å²) in [6.07, 6.45) is 0. The summed E-state index contributed by atoms with van der Waals surface area (Å²) in [4.78, 5) is 0. The molecule has 0 aliphatic rings. The number of hydrogen-bond donors (Lipinski definition) is 0. The highest BCUT2D eigenvalue weighted by molar-refractivity contribution is 5.37. The van der Waals surface area contributed by atoms with Gasteiger partial charge in [0.15, 0.2) is 5.75 Å². The van der Waals surface area contributed by atoms with Gasteiger partial charge in [-0.25, -0.2) is 0 Å². The first-order valence-corrected chi connectivity index (χ1v) is 5.43. The molecule has 0 heterocycles. The molecule has 0 spiro atoms. The molecule has 0 N–H and O–H groups in total. The van der Waals surface area contributed by atoms with Crippen LogP contribution in [0.4, 0.5) is 0 Å². The maximum absolute atomic E-state index is 11.3. The molecular formula is C14H13O3. The van der Waals surface area contributed by atoms with Gasteiger partial charge < -0.3 is 9.47 Å². The summed E-state index contributed by atoms with van der Waals surface area (Å²) < 4.78 is 10.8. The van der Waals surface area contributed by atoms with E-state index in [2.05, 4.69) is 0 Å². The van der Waals surface area contributed by atoms with Gasteiger partial charge in [-0.05, 0) is 24.3 Å². The first kappa shape index (κ1) is 11.3. The lowest BCUT2D eigenvalue weighted by atomic mass is 10.3. The van der Waals surface area contributed by atoms with Gasteiger partial charge in [0, 0.05) is 0 Å². The molecule has 17 heavy (non-hydrogen) atoms. The molecule has 0 bridgehead atoms. The van der Waals surface area contributed by atoms with Gasteiger partial charge in [-0.3, -0.25) is 5.11 Å². The Balaban J connectivity index is 1.76. The van der Waals surface area contributed by atoms with E-state index >= 15 is 0 Å². The maximum atomic E-state index is 11.3. The number of hydrogen-bond acceptors (Lipinski definition) is 2. The Labute approximate surface area is 100 Å². The van der Waals surface area contributed by atoms with Crippen LogP contribution in [0.5, 0.6) is 17.2 Å². The smallest absolute Gasteiger partial charge is 0.220 e. The second-order valence-corrected chi connectivity index (χ2v) is 3.46. The van der Waals surface area contributed by atoms with Gasteiger partial charge in [0.25, 0.3) is 0 Å². The van der Waals surface area contributed by atoms with E-state index < -0.39 is 0 Å². The lowest BCUT2D eigenvalue weighted by molar-refractivity contribution is 0.207. The van der Waals surface area contributed by atoms with Crippen molar-refractivity contribution in [2.45, 2.75) is 0 Å². The van der Waals surface area contributed by atoms with Crippen LogP contribution in [0.1, 0.15) is 0 Å². The van der Waals surface area contributed by atoms with Crippen molar-refractivity contribution in [1.29, 1.82) is 0 Å². The van der Waals surface area contributed by atoms with E-state index in [0.29, 0.717) is 19.0 Å². The molecule has 0 aromatic heterocycles. The van der Waals surface area contributed by atoms with Crippen LogP contribution in [-0.4, -0.2) is 13.2 Å². The van der Waals surface area contributed by atoms with E-state index in [0.717, 1.165) is 5.75 Å². The topological polar surface area (TPSA) is 38.4 Å². The number of ether oxygens (including phenoxy) is 2. The SMILES string of the molecule is [O]c1ccccc1OCCOc1ccccc1. The Kier molecular flexibility index (Phi) is 3.86. The van der Waals surface area contributed by atoms with E-state index in [1.54, 1.807) is 18.2 Å². The normalized spacial score (nSPS) is 9.88. The zero-order valence-electron chi connectivity index (χ0n) is 9.34. The fourth-order valence-corrected chi connectivity index (χ4v) is 1.40. The fourth-order valence-electron chi connectivity index (χ4n) is 1.40. The highest BCUT2D eigenvalue weighted by Gasteiger charge is 2.01. The number of benzene rings is 2. The van der Waals surface area contributed by atoms with Crippen LogP contribution in [0.15, 0.2) is 54.6 Å². The van der Waals surface area contributed by atoms with E-state index in [9.17, 15) is 5.11 Å². The van der Waals surface area contributed by atoms with Gasteiger partial charge in [-0.2, -0.15) is 0 Å². The van der Waals surface area contributed by atoms with Gasteiger partial charge in [-0.1, -0.05) is 30.3 Å². The third-order valence-electron chi connectivity index (χ3n) is 2.20. The van der Waals surface area contributed by atoms with Crippen molar-refractivity contribution in [2.75, 3.05) is 13.2 Å². The summed E-state index contributed by atoms with van der Waals surface area (Å²) >= 11 is 0. The minimum Gasteiger partial charge on any atom is -0.490 e. The molecule has 2 aromatic carbocycles. The fraction of sp³-hybridized carbons (Fsp3) is 0.143. The lowest BCUT2D eigenvalue weighted by Gasteiger charge is -2.08. The highest BCUT2D eigenvalue weighted by atomic mass is 16.5. The van der Waals surface area contributed by atoms with Crippen LogP contribution in [0.3, 0.4) is 0 Å². The van der Waals surface area contributed by atoms with E-state index in [-0.39, 0.29) is 5.75 Å². The second-order valence-electron chi connectivity index (χ2n) is 3.46. The molecule has 0 aliphatic heterocycles. The van der Waals surface area contributed by atoms with Crippen molar-refractivity contribution in [3.05, 3.63) is 54.6 Å². The van der Waals surface area contributed by atoms with Crippen molar-refractivity contribution >= 4 is 0 Å². The second kappa shape index (κ2) is 5.80. The minimum absolute atomic E-state index is 0.104. The third kappa shape index (κ3) is 3.41. The molecule has 1 radical (unpaired) electrons. The Bertz CT molecular complexity index is 454. The standard InChI is InChI=1S/C14H13O3/c15-13-8-4-5-9-14(13)17-11-10-16-12-6-2-1-3-7-12/h1-9H,10-11H2. The predicted molar refractivity (Wildman–Crippen MR) is 64.0 cm³/mol. The van der Waals surface area contributed by atoms with Crippen LogP contribution >= 0.6 is 0 Å². The average Bonchev–Trinajstić information content (AvgIpc) is 2.38. The maximum Gasteiger partial charge on any atom is 0.220 e. The zero-order valence-corrected chi connectivity index (χ0v) is 9.34. The van der Waals surface area contributed by atoms with Crippen molar-refractivity contribution in [1.82, 2.24) is 0 Å². The molecule has 3 heteroatoms. The zero-order chi connectivity index (χ0) is 11.9. The summed E-state index contributed by atoms with van der Waals surface area (Å²) in [7, 11) is 0. The molecule has 0 saturated carbocycles. The molecule has 0 amide bonds. The molecule has 2 rings (SSSR count). The molecule has 87 valence electrons. The quantitative estimate of drug-likeness (QED) is 0.738. The summed E-state index contributed by atoms with van der Waals surface area (Å²) in [6.45, 7) is 0.770. The summed E-state index contributed by atoms with van der Waals surface area (Å²) in [5, 5.41) is 11.3. The van der Waals surface area contributed by atoms with E-state index in [1.807, 2.05) is 30.3 Å². The third-order valence-corrected chi connectivity index (χ3v) is 2.20. The minimum atomic E-state index is -0.104. The van der Waals surface area contributed by atoms with Gasteiger partial charge in [0.2, 0.25) is 5.75 Å². The molecular weight excluding hydrogens is 216 g/mol. The largest absolute Gasteiger partial charge is 0.490 e. The Hall–Kier alpha value is -2.16. The van der Waals surface area contributed by atoms with Crippen molar-refractivity contribution in [3.8, 4) is 17.2 Å². The Morgan fingerprint density at radius 3 is 2.18 bits per heavy atom. The van der Waals surface area contributed by atoms with Crippen molar-refractivity contribution in [3.63, 3.8) is 0 Å². The summed E-state index contributed by atoms with van der Waals surface area (Å²) in [6, 6.07) is 16.1. The highest BCUT2D eigenvalue weighted by Crippen LogP contribution is 2.24. The summed E-state index contributed by atoms with van der Waals surface area (Å²) in [5.41, 5.74) is 0. The van der Waals surface area contributed by atoms with Crippen LogP contribution in [0.2, 0.25) is 0 Å². The van der Waals surface area contributed by atoms with E-state index in [1.165, 1.54) is 6.07 Å². The Morgan fingerprint density at radius 2 is 1.41 bits per heavy atom. The number of rotatable bonds is 5. The molecule has 0 saturated heterocycles.